The van der Waals surface area contributed by atoms with Crippen molar-refractivity contribution in [3.05, 3.63) is 71.8 Å². The number of nitrogens with zero attached hydrogens (tertiary/aromatic N) is 2. The Morgan fingerprint density at radius 3 is 2.86 bits per heavy atom. The molecule has 0 saturated heterocycles. The third-order valence-electron chi connectivity index (χ3n) is 4.49. The molecular weight excluding hydrogens is 406 g/mol. The van der Waals surface area contributed by atoms with E-state index < -0.39 is 0 Å². The lowest BCUT2D eigenvalue weighted by Gasteiger charge is -2.04. The molecule has 1 amide bonds. The van der Waals surface area contributed by atoms with Crippen molar-refractivity contribution < 1.29 is 14.3 Å². The van der Waals surface area contributed by atoms with Crippen LogP contribution in [0.15, 0.2) is 65.0 Å². The van der Waals surface area contributed by atoms with Gasteiger partial charge in [-0.2, -0.15) is 0 Å². The van der Waals surface area contributed by atoms with Crippen LogP contribution in [0.5, 0.6) is 11.5 Å². The van der Waals surface area contributed by atoms with Gasteiger partial charge in [0.1, 0.15) is 0 Å². The van der Waals surface area contributed by atoms with Gasteiger partial charge in [0.2, 0.25) is 11.9 Å². The first-order valence-electron chi connectivity index (χ1n) is 8.90. The summed E-state index contributed by atoms with van der Waals surface area (Å²) < 4.78 is 11.4. The van der Waals surface area contributed by atoms with E-state index in [4.69, 9.17) is 9.47 Å². The number of carbonyl (C=O) groups excluding carboxylic acids is 1. The number of hydrogen-bond acceptors (Lipinski definition) is 7. The molecular formula is C21H15N3O3S2. The topological polar surface area (TPSA) is 73.3 Å². The van der Waals surface area contributed by atoms with Crippen LogP contribution in [0.3, 0.4) is 0 Å². The molecule has 0 unspecified atom stereocenters. The summed E-state index contributed by atoms with van der Waals surface area (Å²) in [6, 6.07) is 19.7. The Kier molecular flexibility index (Phi) is 4.79. The molecule has 0 saturated carbocycles. The number of amides is 1. The van der Waals surface area contributed by atoms with E-state index >= 15 is 0 Å². The number of hydrogen-bond donors (Lipinski definition) is 1. The summed E-state index contributed by atoms with van der Waals surface area (Å²) in [5.74, 6) is 1.74. The summed E-state index contributed by atoms with van der Waals surface area (Å²) in [5, 5.41) is 14.0. The zero-order valence-corrected chi connectivity index (χ0v) is 16.8. The first-order chi connectivity index (χ1) is 14.3. The van der Waals surface area contributed by atoms with Crippen molar-refractivity contribution in [2.45, 2.75) is 10.1 Å². The van der Waals surface area contributed by atoms with Gasteiger partial charge in [0, 0.05) is 11.3 Å². The van der Waals surface area contributed by atoms with Crippen molar-refractivity contribution in [3.63, 3.8) is 0 Å². The summed E-state index contributed by atoms with van der Waals surface area (Å²) in [4.78, 5) is 12.5. The normalized spacial score (nSPS) is 12.3. The minimum Gasteiger partial charge on any atom is -0.454 e. The summed E-state index contributed by atoms with van der Waals surface area (Å²) in [7, 11) is 0. The third kappa shape index (κ3) is 3.76. The van der Waals surface area contributed by atoms with Crippen molar-refractivity contribution >= 4 is 44.9 Å². The highest BCUT2D eigenvalue weighted by atomic mass is 32.2. The van der Waals surface area contributed by atoms with E-state index in [0.29, 0.717) is 22.2 Å². The van der Waals surface area contributed by atoms with Crippen molar-refractivity contribution in [2.24, 2.45) is 0 Å². The second-order valence-electron chi connectivity index (χ2n) is 6.32. The zero-order chi connectivity index (χ0) is 19.6. The van der Waals surface area contributed by atoms with Gasteiger partial charge in [-0.05, 0) is 34.5 Å². The fraction of sp³-hybridized carbons (Fsp3) is 0.0952. The zero-order valence-electron chi connectivity index (χ0n) is 15.1. The maximum Gasteiger partial charge on any atom is 0.257 e. The smallest absolute Gasteiger partial charge is 0.257 e. The molecule has 8 heteroatoms. The van der Waals surface area contributed by atoms with Crippen LogP contribution in [-0.2, 0) is 5.75 Å². The lowest BCUT2D eigenvalue weighted by atomic mass is 10.1. The molecule has 0 atom stereocenters. The Morgan fingerprint density at radius 2 is 1.90 bits per heavy atom. The second kappa shape index (κ2) is 7.73. The molecule has 0 spiro atoms. The lowest BCUT2D eigenvalue weighted by molar-refractivity contribution is 0.102. The standard InChI is InChI=1S/C21H15N3O3S2/c25-19(14-8-9-17-18(10-14)27-12-26-17)22-20-23-24-21(29-20)28-11-15-6-3-5-13-4-1-2-7-16(13)15/h1-10H,11-12H2,(H,22,23,25). The molecule has 144 valence electrons. The Bertz CT molecular complexity index is 1200. The lowest BCUT2D eigenvalue weighted by Crippen LogP contribution is -2.11. The van der Waals surface area contributed by atoms with Gasteiger partial charge >= 0.3 is 0 Å². The fourth-order valence-electron chi connectivity index (χ4n) is 3.08. The number of ether oxygens (including phenoxy) is 2. The third-order valence-corrected chi connectivity index (χ3v) is 6.51. The van der Waals surface area contributed by atoms with Crippen molar-refractivity contribution in [1.29, 1.82) is 0 Å². The van der Waals surface area contributed by atoms with Gasteiger partial charge in [0.15, 0.2) is 15.8 Å². The molecule has 1 aliphatic rings. The predicted octanol–water partition coefficient (Wildman–Crippen LogP) is 4.96. The van der Waals surface area contributed by atoms with Crippen LogP contribution in [0.2, 0.25) is 0 Å². The van der Waals surface area contributed by atoms with Crippen LogP contribution in [-0.4, -0.2) is 22.9 Å². The molecule has 5 rings (SSSR count). The Hall–Kier alpha value is -3.10. The van der Waals surface area contributed by atoms with Crippen LogP contribution < -0.4 is 14.8 Å². The van der Waals surface area contributed by atoms with Crippen LogP contribution >= 0.6 is 23.1 Å². The van der Waals surface area contributed by atoms with E-state index in [1.165, 1.54) is 27.7 Å². The van der Waals surface area contributed by atoms with Gasteiger partial charge in [-0.15, -0.1) is 10.2 Å². The maximum absolute atomic E-state index is 12.5. The number of nitrogens with one attached hydrogen (secondary N) is 1. The molecule has 0 fully saturated rings. The van der Waals surface area contributed by atoms with Gasteiger partial charge in [0.05, 0.1) is 0 Å². The van der Waals surface area contributed by atoms with E-state index in [1.54, 1.807) is 30.0 Å². The fourth-order valence-corrected chi connectivity index (χ4v) is 4.83. The van der Waals surface area contributed by atoms with Gasteiger partial charge in [-0.25, -0.2) is 0 Å². The molecule has 1 N–H and O–H groups in total. The number of benzene rings is 3. The molecule has 0 radical (unpaired) electrons. The molecule has 1 aliphatic heterocycles. The molecule has 0 aliphatic carbocycles. The molecule has 4 aromatic rings. The largest absolute Gasteiger partial charge is 0.454 e. The van der Waals surface area contributed by atoms with Crippen molar-refractivity contribution in [3.8, 4) is 11.5 Å². The maximum atomic E-state index is 12.5. The van der Waals surface area contributed by atoms with E-state index in [0.717, 1.165) is 10.1 Å². The monoisotopic (exact) mass is 421 g/mol. The molecule has 0 bridgehead atoms. The predicted molar refractivity (Wildman–Crippen MR) is 114 cm³/mol. The van der Waals surface area contributed by atoms with Crippen LogP contribution in [0.25, 0.3) is 10.8 Å². The molecule has 3 aromatic carbocycles. The number of rotatable bonds is 5. The SMILES string of the molecule is O=C(Nc1nnc(SCc2cccc3ccccc23)s1)c1ccc2c(c1)OCO2. The number of thioether (sulfide) groups is 1. The van der Waals surface area contributed by atoms with Crippen molar-refractivity contribution in [2.75, 3.05) is 12.1 Å². The Labute approximate surface area is 174 Å². The van der Waals surface area contributed by atoms with Crippen LogP contribution in [0, 0.1) is 0 Å². The van der Waals surface area contributed by atoms with Crippen molar-refractivity contribution in [1.82, 2.24) is 10.2 Å². The average molecular weight is 422 g/mol. The summed E-state index contributed by atoms with van der Waals surface area (Å²) in [6.07, 6.45) is 0. The first kappa shape index (κ1) is 18.0. The van der Waals surface area contributed by atoms with E-state index in [1.807, 2.05) is 12.1 Å². The summed E-state index contributed by atoms with van der Waals surface area (Å²) in [6.45, 7) is 0.175. The Balaban J connectivity index is 1.25. The first-order valence-corrected chi connectivity index (χ1v) is 10.7. The minimum absolute atomic E-state index is 0.175. The molecule has 2 heterocycles. The number of aromatic nitrogens is 2. The van der Waals surface area contributed by atoms with Gasteiger partial charge in [-0.3, -0.25) is 10.1 Å². The van der Waals surface area contributed by atoms with Gasteiger partial charge < -0.3 is 9.47 Å². The summed E-state index contributed by atoms with van der Waals surface area (Å²) in [5.41, 5.74) is 1.73. The van der Waals surface area contributed by atoms with Gasteiger partial charge in [0.25, 0.3) is 5.91 Å². The second-order valence-corrected chi connectivity index (χ2v) is 8.52. The molecule has 29 heavy (non-hydrogen) atoms. The highest BCUT2D eigenvalue weighted by Crippen LogP contribution is 2.33. The van der Waals surface area contributed by atoms with Gasteiger partial charge in [-0.1, -0.05) is 65.6 Å². The van der Waals surface area contributed by atoms with E-state index in [2.05, 4.69) is 45.8 Å². The average Bonchev–Trinajstić information content (AvgIpc) is 3.40. The van der Waals surface area contributed by atoms with E-state index in [9.17, 15) is 4.79 Å². The highest BCUT2D eigenvalue weighted by Gasteiger charge is 2.17. The minimum atomic E-state index is -0.259. The van der Waals surface area contributed by atoms with Crippen LogP contribution in [0.4, 0.5) is 5.13 Å². The van der Waals surface area contributed by atoms with Crippen LogP contribution in [0.1, 0.15) is 15.9 Å². The molecule has 6 nitrogen and oxygen atoms in total. The summed E-state index contributed by atoms with van der Waals surface area (Å²) >= 11 is 2.96. The number of carbonyl (C=O) groups is 1. The van der Waals surface area contributed by atoms with E-state index in [-0.39, 0.29) is 12.7 Å². The quantitative estimate of drug-likeness (QED) is 0.362. The molecule has 1 aromatic heterocycles. The highest BCUT2D eigenvalue weighted by molar-refractivity contribution is 8.00. The number of anilines is 1. The Morgan fingerprint density at radius 1 is 1.03 bits per heavy atom. The number of fused-ring (bicyclic) bond motifs is 2.